The molecule has 1 aliphatic rings. The number of rotatable bonds is 2. The van der Waals surface area contributed by atoms with E-state index in [1.165, 1.54) is 0 Å². The van der Waals surface area contributed by atoms with Crippen molar-refractivity contribution in [1.29, 1.82) is 0 Å². The lowest BCUT2D eigenvalue weighted by molar-refractivity contribution is -0.0474. The summed E-state index contributed by atoms with van der Waals surface area (Å²) in [5.41, 5.74) is 0.322. The quantitative estimate of drug-likeness (QED) is 0.856. The first-order chi connectivity index (χ1) is 8.08. The molecule has 0 saturated carbocycles. The lowest BCUT2D eigenvalue weighted by Crippen LogP contribution is -2.35. The van der Waals surface area contributed by atoms with Crippen LogP contribution >= 0.6 is 11.6 Å². The number of nitrogens with one attached hydrogen (secondary N) is 1. The lowest BCUT2D eigenvalue weighted by atomic mass is 10.4. The maximum Gasteiger partial charge on any atom is 0.359 e. The van der Waals surface area contributed by atoms with Gasteiger partial charge in [-0.3, -0.25) is 0 Å². The number of carbonyl (C=O) groups is 1. The topological polar surface area (TPSA) is 78.3 Å². The summed E-state index contributed by atoms with van der Waals surface area (Å²) in [5, 5.41) is 10.5. The van der Waals surface area contributed by atoms with Crippen LogP contribution in [-0.2, 0) is 9.47 Å². The molecule has 0 aliphatic carbocycles. The van der Waals surface area contributed by atoms with Crippen LogP contribution in [0.3, 0.4) is 0 Å². The van der Waals surface area contributed by atoms with Crippen LogP contribution in [0.15, 0.2) is 0 Å². The van der Waals surface area contributed by atoms with Gasteiger partial charge in [0, 0.05) is 6.04 Å². The second-order valence-corrected chi connectivity index (χ2v) is 4.20. The van der Waals surface area contributed by atoms with Gasteiger partial charge in [0.2, 0.25) is 6.29 Å². The molecule has 1 saturated heterocycles. The average molecular weight is 261 g/mol. The second kappa shape index (κ2) is 4.99. The van der Waals surface area contributed by atoms with Crippen molar-refractivity contribution in [3.05, 3.63) is 10.8 Å². The molecule has 1 aromatic rings. The molecule has 0 spiro atoms. The number of halogens is 1. The summed E-state index contributed by atoms with van der Waals surface area (Å²) in [6.07, 6.45) is -0.636. The maximum absolute atomic E-state index is 11.6. The number of nitrogens with zero attached hydrogens (tertiary/aromatic N) is 3. The van der Waals surface area contributed by atoms with Crippen LogP contribution in [-0.4, -0.2) is 40.3 Å². The van der Waals surface area contributed by atoms with Crippen molar-refractivity contribution in [3.8, 4) is 0 Å². The highest BCUT2D eigenvalue weighted by atomic mass is 35.5. The van der Waals surface area contributed by atoms with Crippen molar-refractivity contribution in [2.45, 2.75) is 26.2 Å². The van der Waals surface area contributed by atoms with E-state index < -0.39 is 12.3 Å². The zero-order valence-electron chi connectivity index (χ0n) is 9.51. The molecule has 8 heteroatoms. The highest BCUT2D eigenvalue weighted by molar-refractivity contribution is 6.30. The first-order valence-electron chi connectivity index (χ1n) is 5.24. The monoisotopic (exact) mass is 260 g/mol. The molecule has 0 bridgehead atoms. The third-order valence-corrected chi connectivity index (χ3v) is 2.30. The van der Waals surface area contributed by atoms with E-state index in [0.717, 1.165) is 4.80 Å². The second-order valence-electron chi connectivity index (χ2n) is 3.84. The lowest BCUT2D eigenvalue weighted by Gasteiger charge is -2.06. The normalized spacial score (nSPS) is 16.7. The molecular weight excluding hydrogens is 248 g/mol. The zero-order valence-corrected chi connectivity index (χ0v) is 10.3. The van der Waals surface area contributed by atoms with Gasteiger partial charge in [-0.15, -0.1) is 10.2 Å². The number of carbonyl (C=O) groups excluding carboxylic acids is 1. The van der Waals surface area contributed by atoms with Crippen LogP contribution in [0, 0.1) is 0 Å². The minimum absolute atomic E-state index is 0.00490. The van der Waals surface area contributed by atoms with E-state index in [-0.39, 0.29) is 11.2 Å². The van der Waals surface area contributed by atoms with Crippen LogP contribution < -0.4 is 5.32 Å². The van der Waals surface area contributed by atoms with E-state index in [1.54, 1.807) is 0 Å². The predicted octanol–water partition coefficient (Wildman–Crippen LogP) is 0.943. The molecule has 1 aromatic heterocycles. The van der Waals surface area contributed by atoms with E-state index >= 15 is 0 Å². The highest BCUT2D eigenvalue weighted by Crippen LogP contribution is 2.26. The van der Waals surface area contributed by atoms with Gasteiger partial charge in [-0.05, 0) is 13.8 Å². The van der Waals surface area contributed by atoms with Crippen molar-refractivity contribution >= 4 is 17.6 Å². The Labute approximate surface area is 103 Å². The van der Waals surface area contributed by atoms with E-state index in [9.17, 15) is 4.79 Å². The SMILES string of the molecule is CC(C)NC(=O)n1nc(Cl)c(C2OCCO2)n1. The Morgan fingerprint density at radius 2 is 2.12 bits per heavy atom. The summed E-state index contributed by atoms with van der Waals surface area (Å²) in [6, 6.07) is -0.444. The van der Waals surface area contributed by atoms with Crippen molar-refractivity contribution in [2.75, 3.05) is 13.2 Å². The smallest absolute Gasteiger partial charge is 0.344 e. The number of hydrogen-bond donors (Lipinski definition) is 1. The third-order valence-electron chi connectivity index (χ3n) is 2.04. The predicted molar refractivity (Wildman–Crippen MR) is 58.7 cm³/mol. The fraction of sp³-hybridized carbons (Fsp3) is 0.667. The zero-order chi connectivity index (χ0) is 12.4. The maximum atomic E-state index is 11.6. The molecule has 1 fully saturated rings. The number of hydrogen-bond acceptors (Lipinski definition) is 5. The van der Waals surface area contributed by atoms with Crippen molar-refractivity contribution in [1.82, 2.24) is 20.3 Å². The Balaban J connectivity index is 2.15. The minimum Gasteiger partial charge on any atom is -0.344 e. The third kappa shape index (κ3) is 2.74. The number of aromatic nitrogens is 3. The van der Waals surface area contributed by atoms with Crippen molar-refractivity contribution in [2.24, 2.45) is 0 Å². The Bertz CT molecular complexity index is 414. The first-order valence-corrected chi connectivity index (χ1v) is 5.62. The fourth-order valence-electron chi connectivity index (χ4n) is 1.36. The highest BCUT2D eigenvalue weighted by Gasteiger charge is 2.26. The average Bonchev–Trinajstić information content (AvgIpc) is 2.84. The molecule has 2 rings (SSSR count). The molecule has 0 atom stereocenters. The number of ether oxygens (including phenoxy) is 2. The summed E-state index contributed by atoms with van der Waals surface area (Å²) in [7, 11) is 0. The van der Waals surface area contributed by atoms with Crippen LogP contribution in [0.1, 0.15) is 25.8 Å². The minimum atomic E-state index is -0.636. The molecular formula is C9H13ClN4O3. The summed E-state index contributed by atoms with van der Waals surface area (Å²) >= 11 is 5.87. The van der Waals surface area contributed by atoms with Gasteiger partial charge in [0.15, 0.2) is 10.8 Å². The van der Waals surface area contributed by atoms with E-state index in [0.29, 0.717) is 18.9 Å². The van der Waals surface area contributed by atoms with Gasteiger partial charge in [-0.2, -0.15) is 0 Å². The molecule has 0 unspecified atom stereocenters. The van der Waals surface area contributed by atoms with Crippen molar-refractivity contribution < 1.29 is 14.3 Å². The van der Waals surface area contributed by atoms with Gasteiger partial charge in [-0.1, -0.05) is 16.4 Å². The van der Waals surface area contributed by atoms with Gasteiger partial charge in [0.1, 0.15) is 0 Å². The molecule has 0 aromatic carbocycles. The van der Waals surface area contributed by atoms with Gasteiger partial charge in [-0.25, -0.2) is 4.79 Å². The van der Waals surface area contributed by atoms with Crippen molar-refractivity contribution in [3.63, 3.8) is 0 Å². The van der Waals surface area contributed by atoms with Gasteiger partial charge >= 0.3 is 6.03 Å². The van der Waals surface area contributed by atoms with Crippen LogP contribution in [0.2, 0.25) is 5.15 Å². The van der Waals surface area contributed by atoms with Crippen LogP contribution in [0.5, 0.6) is 0 Å². The van der Waals surface area contributed by atoms with Crippen LogP contribution in [0.4, 0.5) is 4.79 Å². The Kier molecular flexibility index (Phi) is 3.60. The summed E-state index contributed by atoms with van der Waals surface area (Å²) < 4.78 is 10.5. The standard InChI is InChI=1S/C9H13ClN4O3/c1-5(2)11-9(15)14-12-6(7(10)13-14)8-16-3-4-17-8/h5,8H,3-4H2,1-2H3,(H,11,15). The summed E-state index contributed by atoms with van der Waals surface area (Å²) in [5.74, 6) is 0. The van der Waals surface area contributed by atoms with E-state index in [4.69, 9.17) is 21.1 Å². The Hall–Kier alpha value is -1.18. The van der Waals surface area contributed by atoms with Crippen LogP contribution in [0.25, 0.3) is 0 Å². The summed E-state index contributed by atoms with van der Waals surface area (Å²) in [6.45, 7) is 4.64. The molecule has 94 valence electrons. The fourth-order valence-corrected chi connectivity index (χ4v) is 1.55. The molecule has 2 heterocycles. The summed E-state index contributed by atoms with van der Waals surface area (Å²) in [4.78, 5) is 12.5. The molecule has 1 aliphatic heterocycles. The molecule has 1 amide bonds. The van der Waals surface area contributed by atoms with Gasteiger partial charge in [0.25, 0.3) is 0 Å². The van der Waals surface area contributed by atoms with Gasteiger partial charge in [0.05, 0.1) is 13.2 Å². The molecule has 17 heavy (non-hydrogen) atoms. The number of amides is 1. The molecule has 1 N–H and O–H groups in total. The van der Waals surface area contributed by atoms with Gasteiger partial charge < -0.3 is 14.8 Å². The van der Waals surface area contributed by atoms with E-state index in [1.807, 2.05) is 13.8 Å². The molecule has 7 nitrogen and oxygen atoms in total. The first kappa shape index (κ1) is 12.3. The molecule has 0 radical (unpaired) electrons. The van der Waals surface area contributed by atoms with E-state index in [2.05, 4.69) is 15.5 Å². The Morgan fingerprint density at radius 3 is 2.71 bits per heavy atom. The largest absolute Gasteiger partial charge is 0.359 e. The Morgan fingerprint density at radius 1 is 1.47 bits per heavy atom.